The fourth-order valence-corrected chi connectivity index (χ4v) is 2.80. The van der Waals surface area contributed by atoms with E-state index in [9.17, 15) is 9.59 Å². The van der Waals surface area contributed by atoms with Crippen LogP contribution in [-0.4, -0.2) is 50.1 Å². The molecule has 1 N–H and O–H groups in total. The number of carbonyl (C=O) groups is 2. The van der Waals surface area contributed by atoms with Gasteiger partial charge in [-0.05, 0) is 45.0 Å². The molecule has 126 valence electrons. The average Bonchev–Trinajstić information content (AvgIpc) is 2.60. The maximum atomic E-state index is 12.4. The predicted molar refractivity (Wildman–Crippen MR) is 87.4 cm³/mol. The molecule has 0 aromatic heterocycles. The van der Waals surface area contributed by atoms with E-state index < -0.39 is 0 Å². The molecule has 1 heterocycles. The van der Waals surface area contributed by atoms with Gasteiger partial charge in [0, 0.05) is 11.8 Å². The smallest absolute Gasteiger partial charge is 0.308 e. The van der Waals surface area contributed by atoms with Crippen LogP contribution in [0, 0.1) is 5.92 Å². The van der Waals surface area contributed by atoms with E-state index in [0.717, 1.165) is 12.8 Å². The summed E-state index contributed by atoms with van der Waals surface area (Å²) < 4.78 is 9.94. The minimum atomic E-state index is -0.250. The number of nitrogens with zero attached hydrogens (tertiary/aromatic N) is 1. The normalized spacial score (nSPS) is 17.3. The van der Waals surface area contributed by atoms with Gasteiger partial charge in [-0.3, -0.25) is 14.5 Å². The summed E-state index contributed by atoms with van der Waals surface area (Å²) >= 11 is 0. The molecule has 23 heavy (non-hydrogen) atoms. The van der Waals surface area contributed by atoms with Gasteiger partial charge in [0.1, 0.15) is 5.75 Å². The lowest BCUT2D eigenvalue weighted by Crippen LogP contribution is -2.47. The molecule has 0 saturated carbocycles. The summed E-state index contributed by atoms with van der Waals surface area (Å²) in [5, 5.41) is 2.91. The zero-order valence-corrected chi connectivity index (χ0v) is 13.9. The first-order chi connectivity index (χ1) is 11.0. The molecule has 1 atom stereocenters. The van der Waals surface area contributed by atoms with Crippen molar-refractivity contribution in [2.24, 2.45) is 5.92 Å². The van der Waals surface area contributed by atoms with Gasteiger partial charge in [-0.15, -0.1) is 0 Å². The lowest BCUT2D eigenvalue weighted by Gasteiger charge is -2.34. The van der Waals surface area contributed by atoms with Crippen molar-refractivity contribution in [1.82, 2.24) is 4.90 Å². The molecular weight excluding hydrogens is 296 g/mol. The third-order valence-corrected chi connectivity index (χ3v) is 4.33. The second kappa shape index (κ2) is 7.97. The molecular formula is C17H24N2O4. The lowest BCUT2D eigenvalue weighted by atomic mass is 9.96. The maximum Gasteiger partial charge on any atom is 0.308 e. The third-order valence-electron chi connectivity index (χ3n) is 4.33. The number of hydrogen-bond acceptors (Lipinski definition) is 5. The quantitative estimate of drug-likeness (QED) is 0.839. The van der Waals surface area contributed by atoms with Crippen LogP contribution in [0.5, 0.6) is 5.75 Å². The first kappa shape index (κ1) is 17.3. The molecule has 1 aromatic rings. The van der Waals surface area contributed by atoms with Crippen molar-refractivity contribution in [3.63, 3.8) is 0 Å². The Morgan fingerprint density at radius 2 is 1.96 bits per heavy atom. The maximum absolute atomic E-state index is 12.4. The van der Waals surface area contributed by atoms with E-state index in [-0.39, 0.29) is 23.8 Å². The Morgan fingerprint density at radius 3 is 2.57 bits per heavy atom. The summed E-state index contributed by atoms with van der Waals surface area (Å²) in [4.78, 5) is 26.0. The predicted octanol–water partition coefficient (Wildman–Crippen LogP) is 1.91. The second-order valence-corrected chi connectivity index (χ2v) is 5.73. The van der Waals surface area contributed by atoms with Gasteiger partial charge >= 0.3 is 5.97 Å². The minimum absolute atomic E-state index is 0.0510. The summed E-state index contributed by atoms with van der Waals surface area (Å²) in [6.45, 7) is 3.31. The van der Waals surface area contributed by atoms with Crippen LogP contribution in [0.1, 0.15) is 19.8 Å². The third kappa shape index (κ3) is 4.45. The van der Waals surface area contributed by atoms with Gasteiger partial charge in [-0.1, -0.05) is 6.07 Å². The molecule has 1 amide bonds. The number of anilines is 1. The molecule has 1 saturated heterocycles. The van der Waals surface area contributed by atoms with Crippen molar-refractivity contribution in [2.75, 3.05) is 32.6 Å². The first-order valence-corrected chi connectivity index (χ1v) is 7.82. The Labute approximate surface area is 136 Å². The van der Waals surface area contributed by atoms with Crippen molar-refractivity contribution < 1.29 is 19.1 Å². The molecule has 0 unspecified atom stereocenters. The van der Waals surface area contributed by atoms with Crippen molar-refractivity contribution in [2.45, 2.75) is 25.8 Å². The molecule has 1 fully saturated rings. The summed E-state index contributed by atoms with van der Waals surface area (Å²) in [6, 6.07) is 7.03. The molecule has 1 aromatic carbocycles. The van der Waals surface area contributed by atoms with E-state index in [1.54, 1.807) is 13.2 Å². The lowest BCUT2D eigenvalue weighted by molar-refractivity contribution is -0.147. The van der Waals surface area contributed by atoms with Crippen LogP contribution < -0.4 is 10.1 Å². The van der Waals surface area contributed by atoms with Crippen molar-refractivity contribution in [3.05, 3.63) is 24.3 Å². The average molecular weight is 320 g/mol. The van der Waals surface area contributed by atoms with Gasteiger partial charge in [0.15, 0.2) is 0 Å². The molecule has 0 spiro atoms. The molecule has 0 radical (unpaired) electrons. The van der Waals surface area contributed by atoms with E-state index in [0.29, 0.717) is 24.5 Å². The number of rotatable bonds is 5. The van der Waals surface area contributed by atoms with Crippen LogP contribution >= 0.6 is 0 Å². The van der Waals surface area contributed by atoms with Crippen molar-refractivity contribution >= 4 is 17.6 Å². The standard InChI is InChI=1S/C17H24N2O4/c1-12(19-9-7-13(8-10-19)17(21)23-3)16(20)18-14-5-4-6-15(11-14)22-2/h4-6,11-13H,7-10H2,1-3H3,(H,18,20)/t12-/m1/s1. The molecule has 2 rings (SSSR count). The zero-order valence-electron chi connectivity index (χ0n) is 13.9. The van der Waals surface area contributed by atoms with E-state index in [1.807, 2.05) is 25.1 Å². The van der Waals surface area contributed by atoms with Gasteiger partial charge in [-0.2, -0.15) is 0 Å². The van der Waals surface area contributed by atoms with Gasteiger partial charge in [0.05, 0.1) is 26.2 Å². The largest absolute Gasteiger partial charge is 0.497 e. The van der Waals surface area contributed by atoms with Crippen LogP contribution in [0.3, 0.4) is 0 Å². The highest BCUT2D eigenvalue weighted by Gasteiger charge is 2.30. The van der Waals surface area contributed by atoms with E-state index in [4.69, 9.17) is 9.47 Å². The van der Waals surface area contributed by atoms with E-state index >= 15 is 0 Å². The van der Waals surface area contributed by atoms with E-state index in [1.165, 1.54) is 7.11 Å². The second-order valence-electron chi connectivity index (χ2n) is 5.73. The zero-order chi connectivity index (χ0) is 16.8. The highest BCUT2D eigenvalue weighted by Crippen LogP contribution is 2.21. The van der Waals surface area contributed by atoms with Crippen molar-refractivity contribution in [1.29, 1.82) is 0 Å². The molecule has 0 bridgehead atoms. The number of methoxy groups -OCH3 is 2. The van der Waals surface area contributed by atoms with Crippen LogP contribution in [0.4, 0.5) is 5.69 Å². The summed E-state index contributed by atoms with van der Waals surface area (Å²) in [6.07, 6.45) is 1.45. The molecule has 6 nitrogen and oxygen atoms in total. The number of carbonyl (C=O) groups excluding carboxylic acids is 2. The molecule has 0 aliphatic carbocycles. The Balaban J connectivity index is 1.89. The number of esters is 1. The number of piperidine rings is 1. The molecule has 6 heteroatoms. The van der Waals surface area contributed by atoms with Gasteiger partial charge in [-0.25, -0.2) is 0 Å². The minimum Gasteiger partial charge on any atom is -0.497 e. The summed E-state index contributed by atoms with van der Waals surface area (Å²) in [5.41, 5.74) is 0.714. The van der Waals surface area contributed by atoms with Crippen molar-refractivity contribution in [3.8, 4) is 5.75 Å². The molecule has 1 aliphatic heterocycles. The topological polar surface area (TPSA) is 67.9 Å². The number of nitrogens with one attached hydrogen (secondary N) is 1. The SMILES string of the molecule is COC(=O)C1CCN([C@H](C)C(=O)Nc2cccc(OC)c2)CC1. The number of hydrogen-bond donors (Lipinski definition) is 1. The Bertz CT molecular complexity index is 553. The number of ether oxygens (including phenoxy) is 2. The highest BCUT2D eigenvalue weighted by atomic mass is 16.5. The molecule has 1 aliphatic rings. The Hall–Kier alpha value is -2.08. The van der Waals surface area contributed by atoms with Crippen LogP contribution in [0.2, 0.25) is 0 Å². The number of benzene rings is 1. The van der Waals surface area contributed by atoms with Crippen LogP contribution in [-0.2, 0) is 14.3 Å². The fourth-order valence-electron chi connectivity index (χ4n) is 2.80. The van der Waals surface area contributed by atoms with Gasteiger partial charge in [0.25, 0.3) is 0 Å². The van der Waals surface area contributed by atoms with Crippen LogP contribution in [0.15, 0.2) is 24.3 Å². The first-order valence-electron chi connectivity index (χ1n) is 7.82. The van der Waals surface area contributed by atoms with E-state index in [2.05, 4.69) is 10.2 Å². The van der Waals surface area contributed by atoms with Crippen LogP contribution in [0.25, 0.3) is 0 Å². The summed E-state index contributed by atoms with van der Waals surface area (Å²) in [5.74, 6) is 0.437. The number of likely N-dealkylation sites (tertiary alicyclic amines) is 1. The Morgan fingerprint density at radius 1 is 1.26 bits per heavy atom. The van der Waals surface area contributed by atoms with Gasteiger partial charge in [0.2, 0.25) is 5.91 Å². The highest BCUT2D eigenvalue weighted by molar-refractivity contribution is 5.94. The monoisotopic (exact) mass is 320 g/mol. The number of amides is 1. The Kier molecular flexibility index (Phi) is 5.98. The van der Waals surface area contributed by atoms with Gasteiger partial charge < -0.3 is 14.8 Å². The summed E-state index contributed by atoms with van der Waals surface area (Å²) in [7, 11) is 3.01. The fraction of sp³-hybridized carbons (Fsp3) is 0.529.